The van der Waals surface area contributed by atoms with Crippen molar-refractivity contribution < 1.29 is 27.2 Å². The van der Waals surface area contributed by atoms with Gasteiger partial charge in [0.15, 0.2) is 0 Å². The minimum absolute atomic E-state index is 0.0636. The van der Waals surface area contributed by atoms with Crippen LogP contribution in [0.1, 0.15) is 72.3 Å². The molecule has 0 spiro atoms. The number of ether oxygens (including phenoxy) is 2. The number of aromatic hydroxyl groups is 1. The predicted molar refractivity (Wildman–Crippen MR) is 164 cm³/mol. The molecule has 1 N–H and O–H groups in total. The number of aliphatic imine (C=N–C) groups is 1. The molecule has 224 valence electrons. The van der Waals surface area contributed by atoms with Gasteiger partial charge in [0.05, 0.1) is 12.9 Å². The molecule has 9 heteroatoms. The molecule has 0 aliphatic carbocycles. The van der Waals surface area contributed by atoms with Gasteiger partial charge in [-0.05, 0) is 74.3 Å². The minimum Gasteiger partial charge on any atom is -0.508 e. The Morgan fingerprint density at radius 3 is 2.49 bits per heavy atom. The van der Waals surface area contributed by atoms with Gasteiger partial charge in [-0.3, -0.25) is 9.18 Å². The first kappa shape index (κ1) is 36.8. The molecule has 0 bridgehead atoms. The third-order valence-electron chi connectivity index (χ3n) is 5.77. The molecule has 1 aliphatic heterocycles. The lowest BCUT2D eigenvalue weighted by Crippen LogP contribution is -2.37. The minimum atomic E-state index is -3.29. The SMILES string of the molecule is C=C(/C(C=NC)=C/C)c1cc(O)ccc1N(C)C1CCCCO1.CC.CC(C)CCOCCCOS(C)(=O)=O. The Hall–Kier alpha value is -2.20. The van der Waals surface area contributed by atoms with Crippen LogP contribution in [-0.2, 0) is 23.8 Å². The van der Waals surface area contributed by atoms with E-state index in [1.54, 1.807) is 25.4 Å². The summed E-state index contributed by atoms with van der Waals surface area (Å²) in [6, 6.07) is 5.38. The number of rotatable bonds is 13. The molecule has 0 amide bonds. The average molecular weight is 569 g/mol. The quantitative estimate of drug-likeness (QED) is 0.126. The summed E-state index contributed by atoms with van der Waals surface area (Å²) in [7, 11) is 0.483. The number of allylic oxidation sites excluding steroid dienone is 3. The molecular formula is C30H52N2O6S. The Morgan fingerprint density at radius 1 is 1.26 bits per heavy atom. The van der Waals surface area contributed by atoms with E-state index < -0.39 is 10.1 Å². The Kier molecular flexibility index (Phi) is 19.5. The van der Waals surface area contributed by atoms with Crippen LogP contribution in [0.15, 0.2) is 41.4 Å². The van der Waals surface area contributed by atoms with Crippen LogP contribution in [0.25, 0.3) is 5.57 Å². The van der Waals surface area contributed by atoms with Crippen LogP contribution in [-0.4, -0.2) is 72.7 Å². The molecule has 1 heterocycles. The highest BCUT2D eigenvalue weighted by atomic mass is 32.2. The highest BCUT2D eigenvalue weighted by Crippen LogP contribution is 2.34. The Balaban J connectivity index is 0.000000778. The van der Waals surface area contributed by atoms with Gasteiger partial charge in [-0.15, -0.1) is 0 Å². The fraction of sp³-hybridized carbons (Fsp3) is 0.633. The van der Waals surface area contributed by atoms with Crippen molar-refractivity contribution in [2.24, 2.45) is 10.9 Å². The number of phenolic OH excluding ortho intramolecular Hbond substituents is 1. The second-order valence-corrected chi connectivity index (χ2v) is 11.1. The fourth-order valence-corrected chi connectivity index (χ4v) is 4.09. The first-order valence-corrected chi connectivity index (χ1v) is 15.7. The average Bonchev–Trinajstić information content (AvgIpc) is 2.91. The molecule has 1 saturated heterocycles. The van der Waals surface area contributed by atoms with Gasteiger partial charge in [0.2, 0.25) is 0 Å². The molecule has 0 radical (unpaired) electrons. The van der Waals surface area contributed by atoms with E-state index in [0.717, 1.165) is 61.1 Å². The maximum Gasteiger partial charge on any atom is 0.264 e. The zero-order valence-corrected chi connectivity index (χ0v) is 26.2. The summed E-state index contributed by atoms with van der Waals surface area (Å²) < 4.78 is 36.8. The predicted octanol–water partition coefficient (Wildman–Crippen LogP) is 6.46. The van der Waals surface area contributed by atoms with Gasteiger partial charge in [-0.1, -0.05) is 40.3 Å². The van der Waals surface area contributed by atoms with Crippen LogP contribution in [0.2, 0.25) is 0 Å². The molecule has 8 nitrogen and oxygen atoms in total. The van der Waals surface area contributed by atoms with Crippen LogP contribution in [0, 0.1) is 5.92 Å². The number of phenols is 1. The number of nitrogens with zero attached hydrogens (tertiary/aromatic N) is 2. The molecule has 1 unspecified atom stereocenters. The van der Waals surface area contributed by atoms with E-state index in [9.17, 15) is 13.5 Å². The van der Waals surface area contributed by atoms with E-state index in [1.165, 1.54) is 6.42 Å². The maximum atomic E-state index is 10.5. The normalized spacial score (nSPS) is 15.8. The van der Waals surface area contributed by atoms with Crippen LogP contribution in [0.3, 0.4) is 0 Å². The number of anilines is 1. The Morgan fingerprint density at radius 2 is 1.95 bits per heavy atom. The van der Waals surface area contributed by atoms with Crippen molar-refractivity contribution in [1.82, 2.24) is 0 Å². The number of hydrogen-bond acceptors (Lipinski definition) is 8. The molecule has 39 heavy (non-hydrogen) atoms. The zero-order valence-electron chi connectivity index (χ0n) is 25.4. The van der Waals surface area contributed by atoms with E-state index in [4.69, 9.17) is 9.47 Å². The highest BCUT2D eigenvalue weighted by Gasteiger charge is 2.22. The molecule has 1 atom stereocenters. The molecule has 2 rings (SSSR count). The van der Waals surface area contributed by atoms with Gasteiger partial charge >= 0.3 is 0 Å². The Bertz CT molecular complexity index is 983. The smallest absolute Gasteiger partial charge is 0.264 e. The van der Waals surface area contributed by atoms with E-state index in [0.29, 0.717) is 18.9 Å². The highest BCUT2D eigenvalue weighted by molar-refractivity contribution is 7.85. The summed E-state index contributed by atoms with van der Waals surface area (Å²) in [4.78, 5) is 6.22. The van der Waals surface area contributed by atoms with Gasteiger partial charge < -0.3 is 19.5 Å². The number of hydrogen-bond donors (Lipinski definition) is 1. The molecule has 1 aromatic carbocycles. The van der Waals surface area contributed by atoms with Crippen LogP contribution < -0.4 is 4.90 Å². The molecule has 1 fully saturated rings. The van der Waals surface area contributed by atoms with Gasteiger partial charge in [-0.2, -0.15) is 8.42 Å². The van der Waals surface area contributed by atoms with Crippen molar-refractivity contribution in [3.05, 3.63) is 42.0 Å². The fourth-order valence-electron chi connectivity index (χ4n) is 3.67. The van der Waals surface area contributed by atoms with E-state index in [-0.39, 0.29) is 18.6 Å². The van der Waals surface area contributed by atoms with Crippen molar-refractivity contribution >= 4 is 27.6 Å². The molecule has 0 saturated carbocycles. The summed E-state index contributed by atoms with van der Waals surface area (Å²) in [5, 5.41) is 9.92. The van der Waals surface area contributed by atoms with Gasteiger partial charge in [0.1, 0.15) is 12.0 Å². The lowest BCUT2D eigenvalue weighted by atomic mass is 9.97. The second-order valence-electron chi connectivity index (χ2n) is 9.42. The third-order valence-corrected chi connectivity index (χ3v) is 6.37. The van der Waals surface area contributed by atoms with Crippen LogP contribution in [0.5, 0.6) is 5.75 Å². The van der Waals surface area contributed by atoms with Gasteiger partial charge in [0.25, 0.3) is 10.1 Å². The van der Waals surface area contributed by atoms with Crippen molar-refractivity contribution in [2.75, 3.05) is 51.7 Å². The summed E-state index contributed by atoms with van der Waals surface area (Å²) in [5.41, 5.74) is 3.68. The first-order valence-electron chi connectivity index (χ1n) is 13.9. The third kappa shape index (κ3) is 15.8. The van der Waals surface area contributed by atoms with Crippen LogP contribution in [0.4, 0.5) is 5.69 Å². The second kappa shape index (κ2) is 20.7. The lowest BCUT2D eigenvalue weighted by molar-refractivity contribution is 0.0173. The molecule has 0 aromatic heterocycles. The summed E-state index contributed by atoms with van der Waals surface area (Å²) in [6.07, 6.45) is 9.82. The van der Waals surface area contributed by atoms with Crippen molar-refractivity contribution in [2.45, 2.75) is 73.0 Å². The van der Waals surface area contributed by atoms with Crippen molar-refractivity contribution in [1.29, 1.82) is 0 Å². The lowest BCUT2D eigenvalue weighted by Gasteiger charge is -2.34. The standard InChI is InChI=1S/C19H26N2O2.C9H20O4S.C2H6/c1-5-15(13-20-3)14(2)17-12-16(22)9-10-18(17)21(4)19-8-6-7-11-23-19;1-9(2)5-8-12-6-4-7-13-14(3,10)11;1-2/h5,9-10,12-13,19,22H,2,6-8,11H2,1,3-4H3;9H,4-8H2,1-3H3;1-2H3/b15-5+,20-13?;;. The number of benzene rings is 1. The molecule has 1 aliphatic rings. The van der Waals surface area contributed by atoms with E-state index >= 15 is 0 Å². The van der Waals surface area contributed by atoms with Crippen molar-refractivity contribution in [3.8, 4) is 5.75 Å². The monoisotopic (exact) mass is 568 g/mol. The van der Waals surface area contributed by atoms with Crippen LogP contribution >= 0.6 is 0 Å². The first-order chi connectivity index (χ1) is 18.5. The summed E-state index contributed by atoms with van der Waals surface area (Å²) in [6.45, 7) is 16.7. The van der Waals surface area contributed by atoms with Crippen molar-refractivity contribution in [3.63, 3.8) is 0 Å². The Labute approximate surface area is 237 Å². The summed E-state index contributed by atoms with van der Waals surface area (Å²) in [5.74, 6) is 0.869. The zero-order chi connectivity index (χ0) is 29.8. The van der Waals surface area contributed by atoms with Gasteiger partial charge in [0, 0.05) is 51.4 Å². The van der Waals surface area contributed by atoms with Gasteiger partial charge in [-0.25, -0.2) is 0 Å². The summed E-state index contributed by atoms with van der Waals surface area (Å²) >= 11 is 0. The topological polar surface area (TPSA) is 97.7 Å². The largest absolute Gasteiger partial charge is 0.508 e. The molecular weight excluding hydrogens is 516 g/mol. The molecule has 1 aromatic rings. The van der Waals surface area contributed by atoms with E-state index in [1.807, 2.05) is 40.0 Å². The van der Waals surface area contributed by atoms with E-state index in [2.05, 4.69) is 34.5 Å². The maximum absolute atomic E-state index is 10.5.